The van der Waals surface area contributed by atoms with Crippen molar-refractivity contribution in [2.24, 2.45) is 0 Å². The van der Waals surface area contributed by atoms with E-state index in [2.05, 4.69) is 9.88 Å². The highest BCUT2D eigenvalue weighted by Crippen LogP contribution is 2.24. The van der Waals surface area contributed by atoms with E-state index in [0.29, 0.717) is 19.7 Å². The van der Waals surface area contributed by atoms with Gasteiger partial charge in [-0.3, -0.25) is 4.90 Å². The molecule has 0 bridgehead atoms. The van der Waals surface area contributed by atoms with Crippen LogP contribution in [-0.2, 0) is 4.74 Å². The second kappa shape index (κ2) is 7.83. The topological polar surface area (TPSA) is 54.8 Å². The van der Waals surface area contributed by atoms with Gasteiger partial charge in [0.05, 0.1) is 6.61 Å². The predicted octanol–water partition coefficient (Wildman–Crippen LogP) is 2.10. The van der Waals surface area contributed by atoms with Crippen LogP contribution in [0.3, 0.4) is 0 Å². The molecule has 0 aliphatic carbocycles. The van der Waals surface area contributed by atoms with Gasteiger partial charge in [0.2, 0.25) is 0 Å². The molecule has 2 atom stereocenters. The third kappa shape index (κ3) is 4.48. The molecule has 0 radical (unpaired) electrons. The van der Waals surface area contributed by atoms with Crippen molar-refractivity contribution >= 4 is 11.3 Å². The number of aliphatic hydroxyl groups is 1. The van der Waals surface area contributed by atoms with Crippen LogP contribution < -0.4 is 4.74 Å². The highest BCUT2D eigenvalue weighted by Gasteiger charge is 2.25. The van der Waals surface area contributed by atoms with Gasteiger partial charge >= 0.3 is 0 Å². The van der Waals surface area contributed by atoms with Crippen LogP contribution in [0.5, 0.6) is 5.75 Å². The Balaban J connectivity index is 1.47. The smallest absolute Gasteiger partial charge is 0.165 e. The fourth-order valence-electron chi connectivity index (χ4n) is 2.51. The fourth-order valence-corrected chi connectivity index (χ4v) is 3.19. The summed E-state index contributed by atoms with van der Waals surface area (Å²) in [6.45, 7) is 2.55. The first-order chi connectivity index (χ1) is 11.2. The van der Waals surface area contributed by atoms with E-state index < -0.39 is 11.9 Å². The third-order valence-electron chi connectivity index (χ3n) is 3.61. The Morgan fingerprint density at radius 2 is 2.35 bits per heavy atom. The number of β-amino-alcohol motifs (C(OH)–C–C–N with tert-alkyl or cyclic N) is 1. The second-order valence-corrected chi connectivity index (χ2v) is 6.31. The van der Waals surface area contributed by atoms with E-state index in [1.165, 1.54) is 6.07 Å². The number of hydrogen-bond donors (Lipinski definition) is 1. The SMILES string of the molecule is O[C@H](COc1ccccc1F)CN1CCO[C@H](c2nccs2)C1. The zero-order valence-corrected chi connectivity index (χ0v) is 13.4. The van der Waals surface area contributed by atoms with Crippen molar-refractivity contribution in [3.8, 4) is 5.75 Å². The molecule has 3 rings (SSSR count). The van der Waals surface area contributed by atoms with E-state index in [9.17, 15) is 9.50 Å². The van der Waals surface area contributed by atoms with Gasteiger partial charge in [-0.05, 0) is 12.1 Å². The van der Waals surface area contributed by atoms with E-state index in [1.54, 1.807) is 35.7 Å². The van der Waals surface area contributed by atoms with Crippen LogP contribution in [0.25, 0.3) is 0 Å². The lowest BCUT2D eigenvalue weighted by Crippen LogP contribution is -2.43. The summed E-state index contributed by atoms with van der Waals surface area (Å²) in [5, 5.41) is 13.0. The van der Waals surface area contributed by atoms with Gasteiger partial charge in [-0.2, -0.15) is 0 Å². The number of aliphatic hydroxyl groups excluding tert-OH is 1. The molecule has 23 heavy (non-hydrogen) atoms. The number of aromatic nitrogens is 1. The monoisotopic (exact) mass is 338 g/mol. The van der Waals surface area contributed by atoms with Gasteiger partial charge in [-0.25, -0.2) is 9.37 Å². The van der Waals surface area contributed by atoms with E-state index in [1.807, 2.05) is 5.38 Å². The lowest BCUT2D eigenvalue weighted by molar-refractivity contribution is -0.0461. The van der Waals surface area contributed by atoms with Crippen molar-refractivity contribution < 1.29 is 19.0 Å². The van der Waals surface area contributed by atoms with Gasteiger partial charge in [-0.1, -0.05) is 12.1 Å². The Morgan fingerprint density at radius 1 is 1.48 bits per heavy atom. The van der Waals surface area contributed by atoms with Crippen molar-refractivity contribution in [2.45, 2.75) is 12.2 Å². The Morgan fingerprint density at radius 3 is 3.13 bits per heavy atom. The van der Waals surface area contributed by atoms with Crippen molar-refractivity contribution in [2.75, 3.05) is 32.8 Å². The molecule has 1 fully saturated rings. The number of rotatable bonds is 6. The minimum Gasteiger partial charge on any atom is -0.488 e. The number of hydrogen-bond acceptors (Lipinski definition) is 6. The Hall–Kier alpha value is -1.54. The number of thiazole rings is 1. The molecular formula is C16H19FN2O3S. The van der Waals surface area contributed by atoms with Crippen molar-refractivity contribution in [3.63, 3.8) is 0 Å². The zero-order valence-electron chi connectivity index (χ0n) is 12.6. The summed E-state index contributed by atoms with van der Waals surface area (Å²) < 4.78 is 24.5. The zero-order chi connectivity index (χ0) is 16.1. The second-order valence-electron chi connectivity index (χ2n) is 5.38. The molecule has 1 aromatic heterocycles. The van der Waals surface area contributed by atoms with Crippen LogP contribution in [-0.4, -0.2) is 53.9 Å². The molecular weight excluding hydrogens is 319 g/mol. The van der Waals surface area contributed by atoms with Gasteiger partial charge in [-0.15, -0.1) is 11.3 Å². The van der Waals surface area contributed by atoms with Gasteiger partial charge in [0.25, 0.3) is 0 Å². The molecule has 124 valence electrons. The quantitative estimate of drug-likeness (QED) is 0.874. The standard InChI is InChI=1S/C16H19FN2O3S/c17-13-3-1-2-4-14(13)22-11-12(20)9-19-6-7-21-15(10-19)16-18-5-8-23-16/h1-5,8,12,15,20H,6-7,9-11H2/t12-,15-/m0/s1. The first kappa shape index (κ1) is 16.3. The summed E-state index contributed by atoms with van der Waals surface area (Å²) in [4.78, 5) is 6.39. The Labute approximate surface area is 138 Å². The van der Waals surface area contributed by atoms with Crippen molar-refractivity contribution in [1.29, 1.82) is 0 Å². The lowest BCUT2D eigenvalue weighted by atomic mass is 10.2. The molecule has 1 aliphatic rings. The first-order valence-electron chi connectivity index (χ1n) is 7.51. The molecule has 5 nitrogen and oxygen atoms in total. The number of benzene rings is 1. The summed E-state index contributed by atoms with van der Waals surface area (Å²) >= 11 is 1.57. The third-order valence-corrected chi connectivity index (χ3v) is 4.48. The maximum atomic E-state index is 13.5. The molecule has 0 unspecified atom stereocenters. The number of morpholine rings is 1. The molecule has 0 spiro atoms. The number of para-hydroxylation sites is 1. The maximum Gasteiger partial charge on any atom is 0.165 e. The minimum atomic E-state index is -0.690. The summed E-state index contributed by atoms with van der Waals surface area (Å²) in [6.07, 6.45) is 1.02. The molecule has 1 N–H and O–H groups in total. The molecule has 1 saturated heterocycles. The van der Waals surface area contributed by atoms with Crippen LogP contribution >= 0.6 is 11.3 Å². The van der Waals surface area contributed by atoms with E-state index >= 15 is 0 Å². The molecule has 0 saturated carbocycles. The maximum absolute atomic E-state index is 13.5. The van der Waals surface area contributed by atoms with Crippen LogP contribution in [0.4, 0.5) is 4.39 Å². The highest BCUT2D eigenvalue weighted by molar-refractivity contribution is 7.09. The fraction of sp³-hybridized carbons (Fsp3) is 0.438. The normalized spacial score (nSPS) is 20.3. The van der Waals surface area contributed by atoms with E-state index in [-0.39, 0.29) is 18.5 Å². The largest absolute Gasteiger partial charge is 0.488 e. The van der Waals surface area contributed by atoms with Crippen LogP contribution in [0.2, 0.25) is 0 Å². The summed E-state index contributed by atoms with van der Waals surface area (Å²) in [5.74, 6) is -0.260. The summed E-state index contributed by atoms with van der Waals surface area (Å²) in [5.41, 5.74) is 0. The van der Waals surface area contributed by atoms with Gasteiger partial charge in [0.15, 0.2) is 11.6 Å². The van der Waals surface area contributed by atoms with Crippen LogP contribution in [0, 0.1) is 5.82 Å². The minimum absolute atomic E-state index is 0.0524. The summed E-state index contributed by atoms with van der Waals surface area (Å²) in [7, 11) is 0. The molecule has 1 aromatic carbocycles. The molecule has 1 aliphatic heterocycles. The van der Waals surface area contributed by atoms with Crippen molar-refractivity contribution in [3.05, 3.63) is 46.7 Å². The molecule has 0 amide bonds. The predicted molar refractivity (Wildman–Crippen MR) is 85.1 cm³/mol. The van der Waals surface area contributed by atoms with Crippen LogP contribution in [0.1, 0.15) is 11.1 Å². The molecule has 2 aromatic rings. The first-order valence-corrected chi connectivity index (χ1v) is 8.39. The van der Waals surface area contributed by atoms with E-state index in [4.69, 9.17) is 9.47 Å². The molecule has 2 heterocycles. The van der Waals surface area contributed by atoms with E-state index in [0.717, 1.165) is 11.6 Å². The Bertz CT molecular complexity index is 611. The average Bonchev–Trinajstić information content (AvgIpc) is 3.09. The number of ether oxygens (including phenoxy) is 2. The number of halogens is 1. The average molecular weight is 338 g/mol. The molecule has 7 heteroatoms. The Kier molecular flexibility index (Phi) is 5.56. The van der Waals surface area contributed by atoms with Gasteiger partial charge < -0.3 is 14.6 Å². The van der Waals surface area contributed by atoms with Gasteiger partial charge in [0, 0.05) is 31.2 Å². The van der Waals surface area contributed by atoms with Gasteiger partial charge in [0.1, 0.15) is 23.8 Å². The highest BCUT2D eigenvalue weighted by atomic mass is 32.1. The lowest BCUT2D eigenvalue weighted by Gasteiger charge is -2.33. The number of nitrogens with zero attached hydrogens (tertiary/aromatic N) is 2. The van der Waals surface area contributed by atoms with Crippen LogP contribution in [0.15, 0.2) is 35.8 Å². The van der Waals surface area contributed by atoms with Crippen molar-refractivity contribution in [1.82, 2.24) is 9.88 Å². The summed E-state index contributed by atoms with van der Waals surface area (Å²) in [6, 6.07) is 6.19.